The van der Waals surface area contributed by atoms with Crippen molar-refractivity contribution >= 4 is 6.09 Å². The smallest absolute Gasteiger partial charge is 0.410 e. The Morgan fingerprint density at radius 2 is 1.69 bits per heavy atom. The molecular formula is C12H23NO3. The van der Waals surface area contributed by atoms with Gasteiger partial charge in [0.1, 0.15) is 5.60 Å². The van der Waals surface area contributed by atoms with Crippen molar-refractivity contribution in [3.8, 4) is 0 Å². The first-order chi connectivity index (χ1) is 7.20. The number of nitrogens with zero attached hydrogens (tertiary/aromatic N) is 1. The maximum Gasteiger partial charge on any atom is 0.410 e. The van der Waals surface area contributed by atoms with Gasteiger partial charge in [0.25, 0.3) is 0 Å². The summed E-state index contributed by atoms with van der Waals surface area (Å²) in [4.78, 5) is 13.7. The van der Waals surface area contributed by atoms with Gasteiger partial charge in [0.05, 0.1) is 6.10 Å². The maximum atomic E-state index is 12.0. The van der Waals surface area contributed by atoms with Crippen molar-refractivity contribution in [1.29, 1.82) is 0 Å². The van der Waals surface area contributed by atoms with Gasteiger partial charge in [0.2, 0.25) is 0 Å². The average Bonchev–Trinajstić information content (AvgIpc) is 1.96. The summed E-state index contributed by atoms with van der Waals surface area (Å²) in [5, 5.41) is 9.60. The van der Waals surface area contributed by atoms with E-state index in [1.807, 2.05) is 34.6 Å². The Labute approximate surface area is 97.6 Å². The molecule has 1 N–H and O–H groups in total. The second kappa shape index (κ2) is 4.62. The molecule has 1 heterocycles. The highest BCUT2D eigenvalue weighted by Gasteiger charge is 2.35. The van der Waals surface area contributed by atoms with Crippen LogP contribution in [0.1, 0.15) is 47.5 Å². The van der Waals surface area contributed by atoms with Crippen LogP contribution in [-0.4, -0.2) is 39.9 Å². The van der Waals surface area contributed by atoms with Crippen molar-refractivity contribution in [1.82, 2.24) is 4.90 Å². The van der Waals surface area contributed by atoms with Crippen LogP contribution in [0.15, 0.2) is 0 Å². The molecule has 1 aliphatic heterocycles. The van der Waals surface area contributed by atoms with E-state index in [4.69, 9.17) is 4.74 Å². The third-order valence-corrected chi connectivity index (χ3v) is 2.78. The SMILES string of the molecule is C[C@@H]1C[C@H](O)C[C@H](C)N1C(=O)OC(C)(C)C. The summed E-state index contributed by atoms with van der Waals surface area (Å²) in [6.07, 6.45) is 0.677. The Hall–Kier alpha value is -0.770. The van der Waals surface area contributed by atoms with Crippen molar-refractivity contribution in [3.05, 3.63) is 0 Å². The molecule has 1 fully saturated rings. The van der Waals surface area contributed by atoms with Crippen LogP contribution in [0.5, 0.6) is 0 Å². The largest absolute Gasteiger partial charge is 0.444 e. The van der Waals surface area contributed by atoms with Crippen LogP contribution in [0.2, 0.25) is 0 Å². The van der Waals surface area contributed by atoms with Gasteiger partial charge in [-0.15, -0.1) is 0 Å². The molecule has 1 amide bonds. The summed E-state index contributed by atoms with van der Waals surface area (Å²) >= 11 is 0. The minimum Gasteiger partial charge on any atom is -0.444 e. The van der Waals surface area contributed by atoms with Crippen molar-refractivity contribution in [3.63, 3.8) is 0 Å². The van der Waals surface area contributed by atoms with E-state index in [2.05, 4.69) is 0 Å². The number of aliphatic hydroxyl groups excluding tert-OH is 1. The highest BCUT2D eigenvalue weighted by Crippen LogP contribution is 2.25. The molecule has 16 heavy (non-hydrogen) atoms. The monoisotopic (exact) mass is 229 g/mol. The summed E-state index contributed by atoms with van der Waals surface area (Å²) in [6, 6.07) is 0.0715. The fourth-order valence-corrected chi connectivity index (χ4v) is 2.22. The molecule has 4 heteroatoms. The number of carbonyl (C=O) groups excluding carboxylic acids is 1. The van der Waals surface area contributed by atoms with Gasteiger partial charge in [0.15, 0.2) is 0 Å². The summed E-state index contributed by atoms with van der Waals surface area (Å²) < 4.78 is 5.36. The predicted octanol–water partition coefficient (Wildman–Crippen LogP) is 2.16. The van der Waals surface area contributed by atoms with Crippen LogP contribution in [-0.2, 0) is 4.74 Å². The third kappa shape index (κ3) is 3.37. The summed E-state index contributed by atoms with van der Waals surface area (Å²) in [5.41, 5.74) is -0.466. The van der Waals surface area contributed by atoms with Crippen molar-refractivity contribution in [2.45, 2.75) is 71.2 Å². The van der Waals surface area contributed by atoms with E-state index in [0.717, 1.165) is 0 Å². The average molecular weight is 229 g/mol. The van der Waals surface area contributed by atoms with Crippen LogP contribution in [0.4, 0.5) is 4.79 Å². The number of hydrogen-bond acceptors (Lipinski definition) is 3. The van der Waals surface area contributed by atoms with E-state index in [-0.39, 0.29) is 24.3 Å². The molecule has 1 rings (SSSR count). The van der Waals surface area contributed by atoms with Gasteiger partial charge in [-0.05, 0) is 47.5 Å². The fraction of sp³-hybridized carbons (Fsp3) is 0.917. The second-order valence-electron chi connectivity index (χ2n) is 5.71. The van der Waals surface area contributed by atoms with Gasteiger partial charge in [0, 0.05) is 12.1 Å². The zero-order valence-corrected chi connectivity index (χ0v) is 10.9. The summed E-state index contributed by atoms with van der Waals surface area (Å²) in [6.45, 7) is 9.47. The van der Waals surface area contributed by atoms with E-state index < -0.39 is 5.60 Å². The normalized spacial score (nSPS) is 31.4. The molecule has 4 nitrogen and oxygen atoms in total. The molecule has 0 aromatic carbocycles. The first-order valence-corrected chi connectivity index (χ1v) is 5.90. The molecule has 94 valence electrons. The zero-order chi connectivity index (χ0) is 12.5. The maximum absolute atomic E-state index is 12.0. The predicted molar refractivity (Wildman–Crippen MR) is 62.2 cm³/mol. The number of piperidine rings is 1. The van der Waals surface area contributed by atoms with E-state index in [1.165, 1.54) is 0 Å². The van der Waals surface area contributed by atoms with Crippen molar-refractivity contribution in [2.75, 3.05) is 0 Å². The summed E-state index contributed by atoms with van der Waals surface area (Å²) in [7, 11) is 0. The third-order valence-electron chi connectivity index (χ3n) is 2.78. The van der Waals surface area contributed by atoms with E-state index >= 15 is 0 Å². The van der Waals surface area contributed by atoms with Crippen LogP contribution in [0, 0.1) is 0 Å². The minimum atomic E-state index is -0.466. The number of rotatable bonds is 0. The molecule has 0 radical (unpaired) electrons. The van der Waals surface area contributed by atoms with Crippen molar-refractivity contribution < 1.29 is 14.6 Å². The number of likely N-dealkylation sites (tertiary alicyclic amines) is 1. The highest BCUT2D eigenvalue weighted by molar-refractivity contribution is 5.69. The molecule has 0 aromatic heterocycles. The van der Waals surface area contributed by atoms with E-state index in [0.29, 0.717) is 12.8 Å². The molecule has 0 saturated carbocycles. The number of carbonyl (C=O) groups is 1. The minimum absolute atomic E-state index is 0.0357. The fourth-order valence-electron chi connectivity index (χ4n) is 2.22. The number of aliphatic hydroxyl groups is 1. The lowest BCUT2D eigenvalue weighted by Gasteiger charge is -2.41. The van der Waals surface area contributed by atoms with E-state index in [9.17, 15) is 9.90 Å². The molecule has 1 aliphatic rings. The topological polar surface area (TPSA) is 49.8 Å². The molecule has 0 spiro atoms. The van der Waals surface area contributed by atoms with Crippen LogP contribution in [0.25, 0.3) is 0 Å². The van der Waals surface area contributed by atoms with Crippen molar-refractivity contribution in [2.24, 2.45) is 0 Å². The quantitative estimate of drug-likeness (QED) is 0.692. The van der Waals surface area contributed by atoms with E-state index in [1.54, 1.807) is 4.90 Å². The molecule has 0 aliphatic carbocycles. The molecular weight excluding hydrogens is 206 g/mol. The zero-order valence-electron chi connectivity index (χ0n) is 10.9. The van der Waals surface area contributed by atoms with Gasteiger partial charge in [-0.2, -0.15) is 0 Å². The lowest BCUT2D eigenvalue weighted by Crippen LogP contribution is -2.52. The standard InChI is InChI=1S/C12H23NO3/c1-8-6-10(14)7-9(2)13(8)11(15)16-12(3,4)5/h8-10,14H,6-7H2,1-5H3/t8-,9+,10+. The Kier molecular flexibility index (Phi) is 3.84. The van der Waals surface area contributed by atoms with Crippen LogP contribution >= 0.6 is 0 Å². The first kappa shape index (κ1) is 13.3. The van der Waals surface area contributed by atoms with Gasteiger partial charge < -0.3 is 14.7 Å². The van der Waals surface area contributed by atoms with Crippen LogP contribution < -0.4 is 0 Å². The molecule has 3 atom stereocenters. The van der Waals surface area contributed by atoms with Gasteiger partial charge in [-0.25, -0.2) is 4.79 Å². The molecule has 0 bridgehead atoms. The van der Waals surface area contributed by atoms with Crippen LogP contribution in [0.3, 0.4) is 0 Å². The Morgan fingerprint density at radius 3 is 2.06 bits per heavy atom. The highest BCUT2D eigenvalue weighted by atomic mass is 16.6. The lowest BCUT2D eigenvalue weighted by atomic mass is 9.95. The first-order valence-electron chi connectivity index (χ1n) is 5.90. The second-order valence-corrected chi connectivity index (χ2v) is 5.71. The van der Waals surface area contributed by atoms with Gasteiger partial charge >= 0.3 is 6.09 Å². The van der Waals surface area contributed by atoms with Gasteiger partial charge in [-0.3, -0.25) is 0 Å². The lowest BCUT2D eigenvalue weighted by molar-refractivity contribution is -0.0223. The number of ether oxygens (including phenoxy) is 1. The Bertz CT molecular complexity index is 247. The Balaban J connectivity index is 2.67. The molecule has 1 saturated heterocycles. The molecule has 0 unspecified atom stereocenters. The summed E-state index contributed by atoms with van der Waals surface area (Å²) in [5.74, 6) is 0. The number of amides is 1. The number of hydrogen-bond donors (Lipinski definition) is 1. The van der Waals surface area contributed by atoms with Gasteiger partial charge in [-0.1, -0.05) is 0 Å². The Morgan fingerprint density at radius 1 is 1.25 bits per heavy atom. The molecule has 0 aromatic rings.